The van der Waals surface area contributed by atoms with Gasteiger partial charge in [-0.05, 0) is 38.0 Å². The molecule has 0 aliphatic heterocycles. The molecular weight excluding hydrogens is 212 g/mol. The first kappa shape index (κ1) is 12.9. The monoisotopic (exact) mass is 238 g/mol. The Kier molecular flexibility index (Phi) is 4.08. The molecule has 0 radical (unpaired) electrons. The Balaban J connectivity index is 2.02. The third-order valence-corrected chi connectivity index (χ3v) is 4.36. The number of hydrogen-bond donors (Lipinski definition) is 1. The van der Waals surface area contributed by atoms with Crippen LogP contribution in [0.15, 0.2) is 0 Å². The first-order chi connectivity index (χ1) is 8.22. The van der Waals surface area contributed by atoms with Crippen molar-refractivity contribution >= 4 is 5.91 Å². The summed E-state index contributed by atoms with van der Waals surface area (Å²) in [5.74, 6) is 1.13. The number of nitrogens with zero attached hydrogens (tertiary/aromatic N) is 1. The van der Waals surface area contributed by atoms with E-state index in [4.69, 9.17) is 5.73 Å². The first-order valence-electron chi connectivity index (χ1n) is 7.21. The van der Waals surface area contributed by atoms with E-state index in [9.17, 15) is 4.79 Å². The normalized spacial score (nSPS) is 22.7. The van der Waals surface area contributed by atoms with E-state index in [1.165, 1.54) is 25.7 Å². The van der Waals surface area contributed by atoms with Gasteiger partial charge in [-0.2, -0.15) is 0 Å². The van der Waals surface area contributed by atoms with Crippen LogP contribution < -0.4 is 5.73 Å². The Bertz CT molecular complexity index is 267. The van der Waals surface area contributed by atoms with Crippen LogP contribution in [0.2, 0.25) is 0 Å². The van der Waals surface area contributed by atoms with Crippen LogP contribution in [0.3, 0.4) is 0 Å². The van der Waals surface area contributed by atoms with E-state index in [0.29, 0.717) is 12.5 Å². The van der Waals surface area contributed by atoms with Gasteiger partial charge in [-0.15, -0.1) is 0 Å². The average molecular weight is 238 g/mol. The molecule has 2 aliphatic carbocycles. The van der Waals surface area contributed by atoms with Crippen molar-refractivity contribution in [3.05, 3.63) is 0 Å². The molecule has 2 rings (SSSR count). The molecule has 0 spiro atoms. The maximum absolute atomic E-state index is 12.7. The highest BCUT2D eigenvalue weighted by molar-refractivity contribution is 5.83. The van der Waals surface area contributed by atoms with E-state index in [0.717, 1.165) is 38.3 Å². The van der Waals surface area contributed by atoms with Crippen LogP contribution in [0.5, 0.6) is 0 Å². The summed E-state index contributed by atoms with van der Waals surface area (Å²) in [6, 6.07) is 0. The van der Waals surface area contributed by atoms with Gasteiger partial charge in [-0.3, -0.25) is 4.79 Å². The quantitative estimate of drug-likeness (QED) is 0.770. The Morgan fingerprint density at radius 2 is 2.00 bits per heavy atom. The average Bonchev–Trinajstić information content (AvgIpc) is 3.02. The van der Waals surface area contributed by atoms with E-state index < -0.39 is 0 Å². The van der Waals surface area contributed by atoms with Crippen molar-refractivity contribution in [2.75, 3.05) is 19.6 Å². The third kappa shape index (κ3) is 2.82. The highest BCUT2D eigenvalue weighted by Gasteiger charge is 2.43. The van der Waals surface area contributed by atoms with Gasteiger partial charge in [-0.25, -0.2) is 0 Å². The van der Waals surface area contributed by atoms with Gasteiger partial charge in [0.2, 0.25) is 5.91 Å². The SMILES string of the molecule is CCCN(CC1CC1)C(=O)C1(CN)CCCC1. The zero-order valence-electron chi connectivity index (χ0n) is 11.1. The molecule has 2 fully saturated rings. The first-order valence-corrected chi connectivity index (χ1v) is 7.21. The minimum absolute atomic E-state index is 0.204. The van der Waals surface area contributed by atoms with Crippen LogP contribution in [0.25, 0.3) is 0 Å². The minimum atomic E-state index is -0.204. The molecular formula is C14H26N2O. The maximum atomic E-state index is 12.7. The molecule has 0 aromatic carbocycles. The van der Waals surface area contributed by atoms with Crippen LogP contribution in [0, 0.1) is 11.3 Å². The molecule has 2 N–H and O–H groups in total. The number of carbonyl (C=O) groups excluding carboxylic acids is 1. The molecule has 1 amide bonds. The Morgan fingerprint density at radius 1 is 1.35 bits per heavy atom. The Labute approximate surface area is 105 Å². The lowest BCUT2D eigenvalue weighted by Gasteiger charge is -2.33. The Morgan fingerprint density at radius 3 is 2.47 bits per heavy atom. The smallest absolute Gasteiger partial charge is 0.230 e. The molecule has 17 heavy (non-hydrogen) atoms. The lowest BCUT2D eigenvalue weighted by molar-refractivity contribution is -0.141. The second kappa shape index (κ2) is 5.38. The summed E-state index contributed by atoms with van der Waals surface area (Å²) < 4.78 is 0. The molecule has 2 saturated carbocycles. The van der Waals surface area contributed by atoms with Gasteiger partial charge in [0.05, 0.1) is 5.41 Å². The van der Waals surface area contributed by atoms with Gasteiger partial charge in [-0.1, -0.05) is 19.8 Å². The van der Waals surface area contributed by atoms with Crippen LogP contribution in [-0.4, -0.2) is 30.4 Å². The molecule has 0 bridgehead atoms. The van der Waals surface area contributed by atoms with Crippen molar-refractivity contribution in [2.24, 2.45) is 17.1 Å². The van der Waals surface area contributed by atoms with Crippen molar-refractivity contribution < 1.29 is 4.79 Å². The number of nitrogens with two attached hydrogens (primary N) is 1. The Hall–Kier alpha value is -0.570. The van der Waals surface area contributed by atoms with E-state index in [-0.39, 0.29) is 5.41 Å². The van der Waals surface area contributed by atoms with E-state index >= 15 is 0 Å². The molecule has 2 aliphatic rings. The molecule has 0 unspecified atom stereocenters. The predicted octanol–water partition coefficient (Wildman–Crippen LogP) is 2.15. The van der Waals surface area contributed by atoms with Gasteiger partial charge in [0, 0.05) is 19.6 Å². The molecule has 3 heteroatoms. The highest BCUT2D eigenvalue weighted by Crippen LogP contribution is 2.40. The summed E-state index contributed by atoms with van der Waals surface area (Å²) in [4.78, 5) is 14.8. The minimum Gasteiger partial charge on any atom is -0.342 e. The summed E-state index contributed by atoms with van der Waals surface area (Å²) in [6.45, 7) is 4.58. The third-order valence-electron chi connectivity index (χ3n) is 4.36. The van der Waals surface area contributed by atoms with Crippen molar-refractivity contribution in [1.29, 1.82) is 0 Å². The lowest BCUT2D eigenvalue weighted by Crippen LogP contribution is -2.47. The van der Waals surface area contributed by atoms with Crippen molar-refractivity contribution in [3.63, 3.8) is 0 Å². The van der Waals surface area contributed by atoms with Gasteiger partial charge in [0.15, 0.2) is 0 Å². The fraction of sp³-hybridized carbons (Fsp3) is 0.929. The van der Waals surface area contributed by atoms with Gasteiger partial charge < -0.3 is 10.6 Å². The maximum Gasteiger partial charge on any atom is 0.230 e. The van der Waals surface area contributed by atoms with Crippen LogP contribution >= 0.6 is 0 Å². The van der Waals surface area contributed by atoms with E-state index in [2.05, 4.69) is 11.8 Å². The molecule has 0 aromatic heterocycles. The van der Waals surface area contributed by atoms with Crippen LogP contribution in [0.1, 0.15) is 51.9 Å². The van der Waals surface area contributed by atoms with Crippen molar-refractivity contribution in [1.82, 2.24) is 4.90 Å². The highest BCUT2D eigenvalue weighted by atomic mass is 16.2. The zero-order chi connectivity index (χ0) is 12.3. The fourth-order valence-electron chi connectivity index (χ4n) is 3.05. The molecule has 0 aromatic rings. The molecule has 98 valence electrons. The number of amides is 1. The molecule has 0 heterocycles. The van der Waals surface area contributed by atoms with Crippen LogP contribution in [0.4, 0.5) is 0 Å². The number of hydrogen-bond acceptors (Lipinski definition) is 2. The molecule has 3 nitrogen and oxygen atoms in total. The molecule has 0 atom stereocenters. The zero-order valence-corrected chi connectivity index (χ0v) is 11.1. The van der Waals surface area contributed by atoms with Gasteiger partial charge in [0.25, 0.3) is 0 Å². The van der Waals surface area contributed by atoms with Gasteiger partial charge >= 0.3 is 0 Å². The van der Waals surface area contributed by atoms with E-state index in [1.807, 2.05) is 0 Å². The van der Waals surface area contributed by atoms with Crippen molar-refractivity contribution in [2.45, 2.75) is 51.9 Å². The summed E-state index contributed by atoms with van der Waals surface area (Å²) in [7, 11) is 0. The number of rotatable bonds is 6. The van der Waals surface area contributed by atoms with Crippen LogP contribution in [-0.2, 0) is 4.79 Å². The van der Waals surface area contributed by atoms with Gasteiger partial charge in [0.1, 0.15) is 0 Å². The molecule has 0 saturated heterocycles. The number of carbonyl (C=O) groups is 1. The largest absolute Gasteiger partial charge is 0.342 e. The van der Waals surface area contributed by atoms with E-state index in [1.54, 1.807) is 0 Å². The summed E-state index contributed by atoms with van der Waals surface area (Å²) in [5.41, 5.74) is 5.70. The standard InChI is InChI=1S/C14H26N2O/c1-2-9-16(10-12-5-6-12)13(17)14(11-15)7-3-4-8-14/h12H,2-11,15H2,1H3. The second-order valence-corrected chi connectivity index (χ2v) is 5.89. The topological polar surface area (TPSA) is 46.3 Å². The summed E-state index contributed by atoms with van der Waals surface area (Å²) >= 11 is 0. The fourth-order valence-corrected chi connectivity index (χ4v) is 3.05. The lowest BCUT2D eigenvalue weighted by atomic mass is 9.84. The summed E-state index contributed by atoms with van der Waals surface area (Å²) in [6.07, 6.45) is 8.03. The second-order valence-electron chi connectivity index (χ2n) is 5.89. The van der Waals surface area contributed by atoms with Crippen molar-refractivity contribution in [3.8, 4) is 0 Å². The predicted molar refractivity (Wildman–Crippen MR) is 69.6 cm³/mol. The summed E-state index contributed by atoms with van der Waals surface area (Å²) in [5, 5.41) is 0.